The Kier molecular flexibility index (Phi) is 5.90. The van der Waals surface area contributed by atoms with Gasteiger partial charge in [0.05, 0.1) is 7.11 Å². The molecule has 0 saturated heterocycles. The summed E-state index contributed by atoms with van der Waals surface area (Å²) < 4.78 is 5.18. The van der Waals surface area contributed by atoms with E-state index in [4.69, 9.17) is 9.84 Å². The van der Waals surface area contributed by atoms with Crippen molar-refractivity contribution in [3.05, 3.63) is 29.8 Å². The number of methoxy groups -OCH3 is 1. The van der Waals surface area contributed by atoms with Gasteiger partial charge in [-0.1, -0.05) is 12.1 Å². The highest BCUT2D eigenvalue weighted by Gasteiger charge is 2.00. The summed E-state index contributed by atoms with van der Waals surface area (Å²) in [5.74, 6) is 0.913. The van der Waals surface area contributed by atoms with Crippen LogP contribution in [0.3, 0.4) is 0 Å². The lowest BCUT2D eigenvalue weighted by molar-refractivity contribution is 0.248. The molecule has 0 spiro atoms. The predicted molar refractivity (Wildman–Crippen MR) is 65.9 cm³/mol. The van der Waals surface area contributed by atoms with Crippen LogP contribution in [0.2, 0.25) is 0 Å². The number of ether oxygens (including phenoxy) is 1. The first-order valence-electron chi connectivity index (χ1n) is 5.68. The van der Waals surface area contributed by atoms with Gasteiger partial charge in [0, 0.05) is 19.7 Å². The zero-order chi connectivity index (χ0) is 11.8. The van der Waals surface area contributed by atoms with Crippen molar-refractivity contribution in [3.63, 3.8) is 0 Å². The zero-order valence-corrected chi connectivity index (χ0v) is 10.1. The Morgan fingerprint density at radius 3 is 2.81 bits per heavy atom. The molecule has 0 fully saturated rings. The van der Waals surface area contributed by atoms with Crippen LogP contribution in [-0.2, 0) is 6.42 Å². The van der Waals surface area contributed by atoms with E-state index in [2.05, 4.69) is 24.1 Å². The van der Waals surface area contributed by atoms with Gasteiger partial charge in [0.25, 0.3) is 0 Å². The first-order valence-corrected chi connectivity index (χ1v) is 5.68. The third kappa shape index (κ3) is 4.64. The minimum Gasteiger partial charge on any atom is -0.497 e. The summed E-state index contributed by atoms with van der Waals surface area (Å²) in [7, 11) is 3.77. The van der Waals surface area contributed by atoms with Crippen molar-refractivity contribution in [2.45, 2.75) is 12.8 Å². The highest BCUT2D eigenvalue weighted by atomic mass is 16.5. The Balaban J connectivity index is 2.35. The van der Waals surface area contributed by atoms with Gasteiger partial charge in [0.2, 0.25) is 0 Å². The molecule has 0 atom stereocenters. The van der Waals surface area contributed by atoms with E-state index in [9.17, 15) is 0 Å². The van der Waals surface area contributed by atoms with Crippen LogP contribution < -0.4 is 4.74 Å². The lowest BCUT2D eigenvalue weighted by Gasteiger charge is -2.15. The third-order valence-corrected chi connectivity index (χ3v) is 2.61. The summed E-state index contributed by atoms with van der Waals surface area (Å²) >= 11 is 0. The third-order valence-electron chi connectivity index (χ3n) is 2.61. The van der Waals surface area contributed by atoms with E-state index in [1.807, 2.05) is 12.1 Å². The Bertz CT molecular complexity index is 302. The van der Waals surface area contributed by atoms with Gasteiger partial charge in [-0.05, 0) is 37.6 Å². The van der Waals surface area contributed by atoms with Gasteiger partial charge < -0.3 is 14.7 Å². The Morgan fingerprint density at radius 1 is 1.31 bits per heavy atom. The molecule has 3 nitrogen and oxygen atoms in total. The summed E-state index contributed by atoms with van der Waals surface area (Å²) in [6.07, 6.45) is 1.85. The van der Waals surface area contributed by atoms with Crippen molar-refractivity contribution in [3.8, 4) is 5.75 Å². The van der Waals surface area contributed by atoms with Crippen molar-refractivity contribution in [1.82, 2.24) is 4.90 Å². The van der Waals surface area contributed by atoms with Gasteiger partial charge in [0.1, 0.15) is 5.75 Å². The predicted octanol–water partition coefficient (Wildman–Crippen LogP) is 1.55. The topological polar surface area (TPSA) is 32.7 Å². The molecular formula is C13H21NO2. The van der Waals surface area contributed by atoms with Crippen LogP contribution in [0.4, 0.5) is 0 Å². The molecule has 0 saturated carbocycles. The molecule has 1 aromatic rings. The van der Waals surface area contributed by atoms with Crippen LogP contribution in [0.5, 0.6) is 5.75 Å². The fourth-order valence-corrected chi connectivity index (χ4v) is 1.60. The maximum Gasteiger partial charge on any atom is 0.119 e. The molecule has 3 heteroatoms. The summed E-state index contributed by atoms with van der Waals surface area (Å²) in [4.78, 5) is 2.23. The molecule has 16 heavy (non-hydrogen) atoms. The summed E-state index contributed by atoms with van der Waals surface area (Å²) in [5.41, 5.74) is 1.29. The van der Waals surface area contributed by atoms with Crippen molar-refractivity contribution in [2.24, 2.45) is 0 Å². The highest BCUT2D eigenvalue weighted by molar-refractivity contribution is 5.28. The second-order valence-corrected chi connectivity index (χ2v) is 3.98. The SMILES string of the molecule is COc1cccc(CCN(C)CCCO)c1. The Labute approximate surface area is 97.7 Å². The summed E-state index contributed by atoms with van der Waals surface area (Å²) in [5, 5.41) is 8.73. The standard InChI is InChI=1S/C13H21NO2/c1-14(8-4-10-15)9-7-12-5-3-6-13(11-12)16-2/h3,5-6,11,15H,4,7-10H2,1-2H3. The molecule has 0 bridgehead atoms. The van der Waals surface area contributed by atoms with E-state index in [1.165, 1.54) is 5.56 Å². The molecule has 0 unspecified atom stereocenters. The van der Waals surface area contributed by atoms with Gasteiger partial charge in [-0.25, -0.2) is 0 Å². The zero-order valence-electron chi connectivity index (χ0n) is 10.1. The minimum atomic E-state index is 0.267. The van der Waals surface area contributed by atoms with Crippen LogP contribution >= 0.6 is 0 Å². The van der Waals surface area contributed by atoms with Crippen LogP contribution in [0.15, 0.2) is 24.3 Å². The number of hydrogen-bond donors (Lipinski definition) is 1. The van der Waals surface area contributed by atoms with Gasteiger partial charge in [-0.15, -0.1) is 0 Å². The van der Waals surface area contributed by atoms with Crippen LogP contribution in [0.25, 0.3) is 0 Å². The average molecular weight is 223 g/mol. The van der Waals surface area contributed by atoms with E-state index >= 15 is 0 Å². The smallest absolute Gasteiger partial charge is 0.119 e. The maximum absolute atomic E-state index is 8.73. The van der Waals surface area contributed by atoms with E-state index in [-0.39, 0.29) is 6.61 Å². The molecule has 1 aromatic carbocycles. The van der Waals surface area contributed by atoms with Gasteiger partial charge >= 0.3 is 0 Å². The van der Waals surface area contributed by atoms with E-state index in [0.717, 1.165) is 31.7 Å². The normalized spacial score (nSPS) is 10.8. The first-order chi connectivity index (χ1) is 7.76. The minimum absolute atomic E-state index is 0.267. The molecule has 0 radical (unpaired) electrons. The van der Waals surface area contributed by atoms with Crippen molar-refractivity contribution in [2.75, 3.05) is 33.9 Å². The number of aliphatic hydroxyl groups excluding tert-OH is 1. The molecule has 0 aliphatic heterocycles. The van der Waals surface area contributed by atoms with Gasteiger partial charge in [0.15, 0.2) is 0 Å². The summed E-state index contributed by atoms with van der Waals surface area (Å²) in [6, 6.07) is 8.16. The molecule has 0 heterocycles. The molecule has 0 amide bonds. The number of likely N-dealkylation sites (N-methyl/N-ethyl adjacent to an activating group) is 1. The van der Waals surface area contributed by atoms with Gasteiger partial charge in [-0.3, -0.25) is 0 Å². The molecule has 0 aliphatic rings. The second kappa shape index (κ2) is 7.25. The monoisotopic (exact) mass is 223 g/mol. The Hall–Kier alpha value is -1.06. The Morgan fingerprint density at radius 2 is 2.12 bits per heavy atom. The van der Waals surface area contributed by atoms with Crippen LogP contribution in [-0.4, -0.2) is 43.9 Å². The number of nitrogens with zero attached hydrogens (tertiary/aromatic N) is 1. The fraction of sp³-hybridized carbons (Fsp3) is 0.538. The maximum atomic E-state index is 8.73. The number of aliphatic hydroxyl groups is 1. The fourth-order valence-electron chi connectivity index (χ4n) is 1.60. The number of hydrogen-bond acceptors (Lipinski definition) is 3. The lowest BCUT2D eigenvalue weighted by Crippen LogP contribution is -2.23. The van der Waals surface area contributed by atoms with Crippen LogP contribution in [0, 0.1) is 0 Å². The van der Waals surface area contributed by atoms with Crippen LogP contribution in [0.1, 0.15) is 12.0 Å². The molecular weight excluding hydrogens is 202 g/mol. The molecule has 90 valence electrons. The number of benzene rings is 1. The molecule has 0 aliphatic carbocycles. The van der Waals surface area contributed by atoms with Crippen molar-refractivity contribution in [1.29, 1.82) is 0 Å². The molecule has 1 N–H and O–H groups in total. The summed E-state index contributed by atoms with van der Waals surface area (Å²) in [6.45, 7) is 2.22. The second-order valence-electron chi connectivity index (χ2n) is 3.98. The highest BCUT2D eigenvalue weighted by Crippen LogP contribution is 2.13. The largest absolute Gasteiger partial charge is 0.497 e. The number of rotatable bonds is 7. The quantitative estimate of drug-likeness (QED) is 0.761. The van der Waals surface area contributed by atoms with E-state index in [0.29, 0.717) is 0 Å². The van der Waals surface area contributed by atoms with E-state index in [1.54, 1.807) is 7.11 Å². The van der Waals surface area contributed by atoms with Crippen molar-refractivity contribution < 1.29 is 9.84 Å². The van der Waals surface area contributed by atoms with Gasteiger partial charge in [-0.2, -0.15) is 0 Å². The van der Waals surface area contributed by atoms with Crippen molar-refractivity contribution >= 4 is 0 Å². The van der Waals surface area contributed by atoms with E-state index < -0.39 is 0 Å². The average Bonchev–Trinajstić information content (AvgIpc) is 2.34. The molecule has 0 aromatic heterocycles. The first kappa shape index (κ1) is 13.0. The lowest BCUT2D eigenvalue weighted by atomic mass is 10.1. The molecule has 1 rings (SSSR count).